The Labute approximate surface area is 151 Å². The van der Waals surface area contributed by atoms with Gasteiger partial charge in [-0.3, -0.25) is 4.79 Å². The zero-order chi connectivity index (χ0) is 18.6. The van der Waals surface area contributed by atoms with Crippen molar-refractivity contribution < 1.29 is 9.53 Å². The summed E-state index contributed by atoms with van der Waals surface area (Å²) in [6.07, 6.45) is 0.132. The summed E-state index contributed by atoms with van der Waals surface area (Å²) in [4.78, 5) is 12.7. The molecule has 134 valence electrons. The largest absolute Gasteiger partial charge is 0.480 e. The third-order valence-corrected chi connectivity index (χ3v) is 4.52. The number of aryl methyl sites for hydroxylation is 4. The van der Waals surface area contributed by atoms with Crippen molar-refractivity contribution in [1.82, 2.24) is 5.32 Å². The molecule has 3 heteroatoms. The number of nitrogens with one attached hydrogen (secondary N) is 1. The van der Waals surface area contributed by atoms with Gasteiger partial charge in [0.25, 0.3) is 5.91 Å². The first-order valence-corrected chi connectivity index (χ1v) is 8.93. The maximum atomic E-state index is 12.7. The number of carbonyl (C=O) groups excluding carboxylic acids is 1. The van der Waals surface area contributed by atoms with Gasteiger partial charge in [0.15, 0.2) is 6.10 Å². The maximum absolute atomic E-state index is 12.7. The lowest BCUT2D eigenvalue weighted by molar-refractivity contribution is -0.128. The van der Waals surface area contributed by atoms with Crippen molar-refractivity contribution in [2.45, 2.75) is 60.1 Å². The van der Waals surface area contributed by atoms with Crippen molar-refractivity contribution in [2.24, 2.45) is 0 Å². The predicted molar refractivity (Wildman–Crippen MR) is 103 cm³/mol. The molecule has 2 rings (SSSR count). The normalized spacial score (nSPS) is 13.2. The molecule has 1 amide bonds. The van der Waals surface area contributed by atoms with E-state index in [0.29, 0.717) is 6.42 Å². The standard InChI is InChI=1S/C22H29NO2/c1-7-20(25-21-11-9-14(2)12-17(21)5)22(24)23-18(6)19-13-15(3)8-10-16(19)4/h8-13,18,20H,7H2,1-6H3,(H,23,24)/t18-,20-/m1/s1. The Hall–Kier alpha value is -2.29. The quantitative estimate of drug-likeness (QED) is 0.808. The number of amides is 1. The molecular weight excluding hydrogens is 310 g/mol. The fourth-order valence-electron chi connectivity index (χ4n) is 3.02. The summed E-state index contributed by atoms with van der Waals surface area (Å²) in [5, 5.41) is 3.10. The average Bonchev–Trinajstić information content (AvgIpc) is 2.56. The van der Waals surface area contributed by atoms with E-state index < -0.39 is 6.10 Å². The van der Waals surface area contributed by atoms with Crippen molar-refractivity contribution in [2.75, 3.05) is 0 Å². The Kier molecular flexibility index (Phi) is 6.24. The molecule has 0 aliphatic rings. The topological polar surface area (TPSA) is 38.3 Å². The van der Waals surface area contributed by atoms with E-state index in [1.54, 1.807) is 0 Å². The van der Waals surface area contributed by atoms with E-state index >= 15 is 0 Å². The van der Waals surface area contributed by atoms with Crippen LogP contribution >= 0.6 is 0 Å². The first-order chi connectivity index (χ1) is 11.8. The van der Waals surface area contributed by atoms with Crippen LogP contribution in [0.1, 0.15) is 54.1 Å². The number of hydrogen-bond acceptors (Lipinski definition) is 2. The van der Waals surface area contributed by atoms with Gasteiger partial charge >= 0.3 is 0 Å². The molecule has 0 fully saturated rings. The molecule has 25 heavy (non-hydrogen) atoms. The molecule has 2 aromatic rings. The van der Waals surface area contributed by atoms with E-state index in [2.05, 4.69) is 43.4 Å². The lowest BCUT2D eigenvalue weighted by Crippen LogP contribution is -2.39. The first kappa shape index (κ1) is 19.0. The lowest BCUT2D eigenvalue weighted by Gasteiger charge is -2.22. The van der Waals surface area contributed by atoms with E-state index in [1.165, 1.54) is 16.7 Å². The molecule has 0 bridgehead atoms. The number of benzene rings is 2. The minimum absolute atomic E-state index is 0.0517. The van der Waals surface area contributed by atoms with Crippen LogP contribution in [0.3, 0.4) is 0 Å². The third kappa shape index (κ3) is 4.85. The second-order valence-corrected chi connectivity index (χ2v) is 6.87. The average molecular weight is 339 g/mol. The van der Waals surface area contributed by atoms with E-state index in [1.807, 2.05) is 39.8 Å². The molecule has 2 atom stereocenters. The highest BCUT2D eigenvalue weighted by Gasteiger charge is 2.22. The molecule has 0 saturated carbocycles. The SMILES string of the molecule is CC[C@@H](Oc1ccc(C)cc1C)C(=O)N[C@H](C)c1cc(C)ccc1C. The number of ether oxygens (including phenoxy) is 1. The van der Waals surface area contributed by atoms with Gasteiger partial charge in [-0.2, -0.15) is 0 Å². The zero-order valence-corrected chi connectivity index (χ0v) is 16.1. The molecule has 0 unspecified atom stereocenters. The maximum Gasteiger partial charge on any atom is 0.261 e. The Morgan fingerprint density at radius 1 is 1.00 bits per heavy atom. The summed E-state index contributed by atoms with van der Waals surface area (Å²) in [5.41, 5.74) is 5.76. The first-order valence-electron chi connectivity index (χ1n) is 8.93. The minimum atomic E-state index is -0.492. The molecule has 0 heterocycles. The van der Waals surface area contributed by atoms with E-state index in [0.717, 1.165) is 16.9 Å². The summed E-state index contributed by atoms with van der Waals surface area (Å²) in [7, 11) is 0. The van der Waals surface area contributed by atoms with Crippen molar-refractivity contribution in [3.63, 3.8) is 0 Å². The lowest BCUT2D eigenvalue weighted by atomic mass is 10.00. The summed E-state index contributed by atoms with van der Waals surface area (Å²) >= 11 is 0. The van der Waals surface area contributed by atoms with Crippen LogP contribution in [0, 0.1) is 27.7 Å². The van der Waals surface area contributed by atoms with Gasteiger partial charge < -0.3 is 10.1 Å². The van der Waals surface area contributed by atoms with Gasteiger partial charge in [-0.15, -0.1) is 0 Å². The summed E-state index contributed by atoms with van der Waals surface area (Å²) in [6.45, 7) is 12.2. The molecular formula is C22H29NO2. The highest BCUT2D eigenvalue weighted by molar-refractivity contribution is 5.81. The Bertz CT molecular complexity index is 752. The molecule has 2 aromatic carbocycles. The molecule has 0 aliphatic heterocycles. The van der Waals surface area contributed by atoms with Gasteiger partial charge in [-0.25, -0.2) is 0 Å². The van der Waals surface area contributed by atoms with Crippen molar-refractivity contribution in [3.8, 4) is 5.75 Å². The molecule has 0 aromatic heterocycles. The Morgan fingerprint density at radius 3 is 2.28 bits per heavy atom. The second-order valence-electron chi connectivity index (χ2n) is 6.87. The zero-order valence-electron chi connectivity index (χ0n) is 16.1. The monoisotopic (exact) mass is 339 g/mol. The van der Waals surface area contributed by atoms with Crippen LogP contribution in [0.2, 0.25) is 0 Å². The van der Waals surface area contributed by atoms with Crippen LogP contribution in [0.4, 0.5) is 0 Å². The molecule has 0 saturated heterocycles. The van der Waals surface area contributed by atoms with Crippen molar-refractivity contribution in [1.29, 1.82) is 0 Å². The predicted octanol–water partition coefficient (Wildman–Crippen LogP) is 4.96. The van der Waals surface area contributed by atoms with Gasteiger partial charge in [0, 0.05) is 0 Å². The molecule has 0 spiro atoms. The van der Waals surface area contributed by atoms with E-state index in [-0.39, 0.29) is 11.9 Å². The van der Waals surface area contributed by atoms with Crippen LogP contribution in [0.15, 0.2) is 36.4 Å². The van der Waals surface area contributed by atoms with E-state index in [4.69, 9.17) is 4.74 Å². The van der Waals surface area contributed by atoms with Crippen molar-refractivity contribution >= 4 is 5.91 Å². The summed E-state index contributed by atoms with van der Waals surface area (Å²) in [6, 6.07) is 12.3. The highest BCUT2D eigenvalue weighted by atomic mass is 16.5. The molecule has 0 radical (unpaired) electrons. The van der Waals surface area contributed by atoms with Crippen LogP contribution in [-0.2, 0) is 4.79 Å². The van der Waals surface area contributed by atoms with Gasteiger partial charge in [0.2, 0.25) is 0 Å². The molecule has 3 nitrogen and oxygen atoms in total. The minimum Gasteiger partial charge on any atom is -0.480 e. The van der Waals surface area contributed by atoms with Crippen LogP contribution in [0.5, 0.6) is 5.75 Å². The van der Waals surface area contributed by atoms with Gasteiger partial charge in [0.05, 0.1) is 6.04 Å². The highest BCUT2D eigenvalue weighted by Crippen LogP contribution is 2.22. The second kappa shape index (κ2) is 8.19. The third-order valence-electron chi connectivity index (χ3n) is 4.52. The van der Waals surface area contributed by atoms with Crippen LogP contribution in [0.25, 0.3) is 0 Å². The fourth-order valence-corrected chi connectivity index (χ4v) is 3.02. The number of rotatable bonds is 6. The summed E-state index contributed by atoms with van der Waals surface area (Å²) < 4.78 is 5.99. The van der Waals surface area contributed by atoms with Gasteiger partial charge in [-0.1, -0.05) is 48.4 Å². The van der Waals surface area contributed by atoms with Crippen molar-refractivity contribution in [3.05, 3.63) is 64.2 Å². The number of carbonyl (C=O) groups is 1. The van der Waals surface area contributed by atoms with Gasteiger partial charge in [0.1, 0.15) is 5.75 Å². The Morgan fingerprint density at radius 2 is 1.64 bits per heavy atom. The molecule has 0 aliphatic carbocycles. The molecule has 1 N–H and O–H groups in total. The smallest absolute Gasteiger partial charge is 0.261 e. The van der Waals surface area contributed by atoms with Crippen LogP contribution < -0.4 is 10.1 Å². The fraction of sp³-hybridized carbons (Fsp3) is 0.409. The van der Waals surface area contributed by atoms with E-state index in [9.17, 15) is 4.79 Å². The van der Waals surface area contributed by atoms with Crippen LogP contribution in [-0.4, -0.2) is 12.0 Å². The number of hydrogen-bond donors (Lipinski definition) is 1. The Balaban J connectivity index is 2.10. The van der Waals surface area contributed by atoms with Gasteiger partial charge in [-0.05, 0) is 63.8 Å². The summed E-state index contributed by atoms with van der Waals surface area (Å²) in [5.74, 6) is 0.697.